The third-order valence-corrected chi connectivity index (χ3v) is 2.71. The van der Waals surface area contributed by atoms with Crippen LogP contribution in [-0.4, -0.2) is 35.8 Å². The van der Waals surface area contributed by atoms with Gasteiger partial charge in [0.1, 0.15) is 0 Å². The average molecular weight is 258 g/mol. The van der Waals surface area contributed by atoms with Crippen LogP contribution in [0.3, 0.4) is 0 Å². The first kappa shape index (κ1) is 12.7. The van der Waals surface area contributed by atoms with E-state index in [-0.39, 0.29) is 24.6 Å². The normalized spacial score (nSPS) is 20.3. The minimum Gasteiger partial charge on any atom is -0.476 e. The number of nitrogens with zero attached hydrogens (tertiary/aromatic N) is 2. The molecule has 1 heterocycles. The summed E-state index contributed by atoms with van der Waals surface area (Å²) >= 11 is 0. The Hall–Kier alpha value is -1.79. The molecule has 2 rings (SSSR count). The van der Waals surface area contributed by atoms with Crippen LogP contribution in [0, 0.1) is 12.8 Å². The molecule has 1 saturated carbocycles. The van der Waals surface area contributed by atoms with E-state index in [0.29, 0.717) is 5.56 Å². The molecule has 0 spiro atoms. The van der Waals surface area contributed by atoms with Crippen LogP contribution in [0.25, 0.3) is 0 Å². The van der Waals surface area contributed by atoms with Crippen LogP contribution in [0.4, 0.5) is 8.78 Å². The quantitative estimate of drug-likeness (QED) is 0.768. The van der Waals surface area contributed by atoms with Gasteiger partial charge in [-0.2, -0.15) is 0 Å². The van der Waals surface area contributed by atoms with Crippen molar-refractivity contribution in [3.63, 3.8) is 0 Å². The molecule has 7 heteroatoms. The second-order valence-electron chi connectivity index (χ2n) is 4.18. The van der Waals surface area contributed by atoms with Gasteiger partial charge in [0.2, 0.25) is 5.88 Å². The highest BCUT2D eigenvalue weighted by Crippen LogP contribution is 2.48. The molecule has 0 aliphatic heterocycles. The largest absolute Gasteiger partial charge is 0.476 e. The highest BCUT2D eigenvalue weighted by molar-refractivity contribution is 5.87. The van der Waals surface area contributed by atoms with Crippen LogP contribution in [0.5, 0.6) is 5.88 Å². The van der Waals surface area contributed by atoms with Crippen LogP contribution < -0.4 is 4.74 Å². The third-order valence-electron chi connectivity index (χ3n) is 2.71. The fourth-order valence-electron chi connectivity index (χ4n) is 1.45. The minimum absolute atomic E-state index is 0.0547. The Morgan fingerprint density at radius 1 is 1.56 bits per heavy atom. The van der Waals surface area contributed by atoms with Crippen LogP contribution in [0.15, 0.2) is 6.07 Å². The summed E-state index contributed by atoms with van der Waals surface area (Å²) < 4.78 is 34.9. The van der Waals surface area contributed by atoms with Gasteiger partial charge in [0.05, 0.1) is 19.6 Å². The van der Waals surface area contributed by atoms with Crippen LogP contribution in [-0.2, 0) is 4.74 Å². The number of carbonyl (C=O) groups excluding carboxylic acids is 1. The van der Waals surface area contributed by atoms with Gasteiger partial charge in [-0.3, -0.25) is 0 Å². The first-order chi connectivity index (χ1) is 8.44. The Morgan fingerprint density at radius 3 is 2.72 bits per heavy atom. The number of esters is 1. The zero-order valence-electron chi connectivity index (χ0n) is 9.94. The number of carbonyl (C=O) groups is 1. The lowest BCUT2D eigenvalue weighted by atomic mass is 10.3. The molecule has 1 aliphatic rings. The lowest BCUT2D eigenvalue weighted by Crippen LogP contribution is -2.11. The fraction of sp³-hybridized carbons (Fsp3) is 0.545. The fourth-order valence-corrected chi connectivity index (χ4v) is 1.45. The van der Waals surface area contributed by atoms with Gasteiger partial charge in [-0.1, -0.05) is 0 Å². The molecule has 1 fully saturated rings. The van der Waals surface area contributed by atoms with Crippen molar-refractivity contribution in [3.05, 3.63) is 17.3 Å². The van der Waals surface area contributed by atoms with Gasteiger partial charge in [0.25, 0.3) is 5.92 Å². The minimum atomic E-state index is -2.62. The molecule has 0 bridgehead atoms. The number of hydrogen-bond donors (Lipinski definition) is 0. The predicted octanol–water partition coefficient (Wildman–Crippen LogP) is 1.61. The molecule has 0 radical (unpaired) electrons. The van der Waals surface area contributed by atoms with Gasteiger partial charge in [-0.25, -0.2) is 13.6 Å². The number of hydrogen-bond acceptors (Lipinski definition) is 5. The van der Waals surface area contributed by atoms with Crippen molar-refractivity contribution in [2.75, 3.05) is 13.7 Å². The second-order valence-corrected chi connectivity index (χ2v) is 4.18. The van der Waals surface area contributed by atoms with Crippen molar-refractivity contribution in [2.24, 2.45) is 5.92 Å². The van der Waals surface area contributed by atoms with E-state index in [4.69, 9.17) is 4.74 Å². The van der Waals surface area contributed by atoms with E-state index < -0.39 is 17.8 Å². The first-order valence-electron chi connectivity index (χ1n) is 5.37. The molecule has 1 aromatic heterocycles. The zero-order chi connectivity index (χ0) is 13.3. The van der Waals surface area contributed by atoms with Crippen molar-refractivity contribution in [3.8, 4) is 5.88 Å². The lowest BCUT2D eigenvalue weighted by Gasteiger charge is -2.07. The monoisotopic (exact) mass is 258 g/mol. The van der Waals surface area contributed by atoms with E-state index in [1.54, 1.807) is 6.92 Å². The molecule has 0 aromatic carbocycles. The number of rotatable bonds is 4. The van der Waals surface area contributed by atoms with E-state index in [0.717, 1.165) is 0 Å². The molecule has 0 N–H and O–H groups in total. The average Bonchev–Trinajstić information content (AvgIpc) is 2.94. The van der Waals surface area contributed by atoms with Crippen molar-refractivity contribution in [1.29, 1.82) is 0 Å². The van der Waals surface area contributed by atoms with Crippen molar-refractivity contribution in [2.45, 2.75) is 19.3 Å². The molecule has 1 unspecified atom stereocenters. The summed E-state index contributed by atoms with van der Waals surface area (Å²) in [6.07, 6.45) is -0.153. The molecule has 1 atom stereocenters. The maximum absolute atomic E-state index is 12.6. The van der Waals surface area contributed by atoms with Crippen LogP contribution in [0.2, 0.25) is 0 Å². The number of alkyl halides is 2. The molecule has 0 amide bonds. The Bertz CT molecular complexity index is 479. The molecule has 5 nitrogen and oxygen atoms in total. The van der Waals surface area contributed by atoms with Gasteiger partial charge >= 0.3 is 5.97 Å². The van der Waals surface area contributed by atoms with Crippen molar-refractivity contribution < 1.29 is 23.0 Å². The molecule has 18 heavy (non-hydrogen) atoms. The summed E-state index contributed by atoms with van der Waals surface area (Å²) in [4.78, 5) is 11.2. The van der Waals surface area contributed by atoms with E-state index >= 15 is 0 Å². The number of aryl methyl sites for hydroxylation is 1. The SMILES string of the molecule is COC(=O)c1cc(C)c(OCC2CC2(F)F)nn1. The van der Waals surface area contributed by atoms with Crippen LogP contribution in [0.1, 0.15) is 22.5 Å². The summed E-state index contributed by atoms with van der Waals surface area (Å²) in [5, 5.41) is 7.28. The second kappa shape index (κ2) is 4.47. The topological polar surface area (TPSA) is 61.3 Å². The maximum Gasteiger partial charge on any atom is 0.358 e. The van der Waals surface area contributed by atoms with E-state index in [1.807, 2.05) is 0 Å². The van der Waals surface area contributed by atoms with E-state index in [1.165, 1.54) is 13.2 Å². The standard InChI is InChI=1S/C11H12F2N2O3/c1-6-3-8(10(16)17-2)14-15-9(6)18-5-7-4-11(7,12)13/h3,7H,4-5H2,1-2H3. The molecule has 98 valence electrons. The Balaban J connectivity index is 1.99. The summed E-state index contributed by atoms with van der Waals surface area (Å²) in [6.45, 7) is 1.56. The predicted molar refractivity (Wildman–Crippen MR) is 56.7 cm³/mol. The zero-order valence-corrected chi connectivity index (χ0v) is 9.94. The number of aromatic nitrogens is 2. The number of halogens is 2. The molecule has 1 aliphatic carbocycles. The summed E-state index contributed by atoms with van der Waals surface area (Å²) in [7, 11) is 1.24. The highest BCUT2D eigenvalue weighted by Gasteiger charge is 2.57. The number of ether oxygens (including phenoxy) is 2. The van der Waals surface area contributed by atoms with E-state index in [2.05, 4.69) is 14.9 Å². The van der Waals surface area contributed by atoms with Gasteiger partial charge in [-0.15, -0.1) is 10.2 Å². The van der Waals surface area contributed by atoms with Crippen molar-refractivity contribution in [1.82, 2.24) is 10.2 Å². The highest BCUT2D eigenvalue weighted by atomic mass is 19.3. The third kappa shape index (κ3) is 2.55. The van der Waals surface area contributed by atoms with Gasteiger partial charge < -0.3 is 9.47 Å². The molecular formula is C11H12F2N2O3. The lowest BCUT2D eigenvalue weighted by molar-refractivity contribution is 0.0592. The first-order valence-corrected chi connectivity index (χ1v) is 5.37. The molecule has 0 saturated heterocycles. The summed E-state index contributed by atoms with van der Waals surface area (Å²) in [5.41, 5.74) is 0.605. The van der Waals surface area contributed by atoms with Gasteiger partial charge in [0, 0.05) is 12.0 Å². The molecule has 1 aromatic rings. The number of methoxy groups -OCH3 is 1. The smallest absolute Gasteiger partial charge is 0.358 e. The Labute approximate surface area is 102 Å². The Kier molecular flexibility index (Phi) is 3.14. The van der Waals surface area contributed by atoms with Crippen LogP contribution >= 0.6 is 0 Å². The van der Waals surface area contributed by atoms with E-state index in [9.17, 15) is 13.6 Å². The summed E-state index contributed by atoms with van der Waals surface area (Å²) in [5.74, 6) is -3.82. The van der Waals surface area contributed by atoms with Gasteiger partial charge in [-0.05, 0) is 13.0 Å². The Morgan fingerprint density at radius 2 is 2.22 bits per heavy atom. The molecular weight excluding hydrogens is 246 g/mol. The maximum atomic E-state index is 12.6. The summed E-state index contributed by atoms with van der Waals surface area (Å²) in [6, 6.07) is 1.44. The van der Waals surface area contributed by atoms with Gasteiger partial charge in [0.15, 0.2) is 5.69 Å². The van der Waals surface area contributed by atoms with Crippen molar-refractivity contribution >= 4 is 5.97 Å².